The number of carbonyl (C=O) groups excluding carboxylic acids is 1. The van der Waals surface area contributed by atoms with Gasteiger partial charge in [-0.15, -0.1) is 0 Å². The average molecular weight is 395 g/mol. The summed E-state index contributed by atoms with van der Waals surface area (Å²) >= 11 is 0. The van der Waals surface area contributed by atoms with Crippen LogP contribution in [0, 0.1) is 5.92 Å². The normalized spacial score (nSPS) is 25.7. The number of sulfonamides is 1. The van der Waals surface area contributed by atoms with Gasteiger partial charge in [-0.3, -0.25) is 4.79 Å². The predicted octanol–water partition coefficient (Wildman–Crippen LogP) is 1.60. The molecule has 2 fully saturated rings. The molecular weight excluding hydrogens is 364 g/mol. The van der Waals surface area contributed by atoms with Gasteiger partial charge < -0.3 is 10.0 Å². The van der Waals surface area contributed by atoms with E-state index in [1.165, 1.54) is 18.4 Å². The third kappa shape index (κ3) is 4.05. The molecule has 0 bridgehead atoms. The summed E-state index contributed by atoms with van der Waals surface area (Å²) in [7, 11) is -0.436. The van der Waals surface area contributed by atoms with Crippen molar-refractivity contribution in [3.8, 4) is 0 Å². The molecule has 0 radical (unpaired) electrons. The summed E-state index contributed by atoms with van der Waals surface area (Å²) in [4.78, 5) is 15.3. The van der Waals surface area contributed by atoms with Crippen molar-refractivity contribution in [3.63, 3.8) is 0 Å². The molecule has 3 rings (SSSR count). The molecule has 1 amide bonds. The maximum absolute atomic E-state index is 13.6. The maximum Gasteiger partial charge on any atom is 0.233 e. The first-order chi connectivity index (χ1) is 12.8. The number of hydrogen-bond donors (Lipinski definition) is 1. The number of nitrogens with zero attached hydrogens (tertiary/aromatic N) is 2. The van der Waals surface area contributed by atoms with Crippen molar-refractivity contribution in [3.05, 3.63) is 35.9 Å². The van der Waals surface area contributed by atoms with Gasteiger partial charge in [0.2, 0.25) is 15.9 Å². The van der Waals surface area contributed by atoms with E-state index in [4.69, 9.17) is 0 Å². The molecule has 1 aromatic carbocycles. The predicted molar refractivity (Wildman–Crippen MR) is 105 cm³/mol. The number of carbonyl (C=O) groups is 1. The minimum Gasteiger partial charge on any atom is -0.391 e. The molecule has 7 heteroatoms. The number of benzene rings is 1. The van der Waals surface area contributed by atoms with Gasteiger partial charge in [-0.1, -0.05) is 49.6 Å². The zero-order valence-corrected chi connectivity index (χ0v) is 17.0. The van der Waals surface area contributed by atoms with E-state index in [1.807, 2.05) is 30.3 Å². The molecule has 0 unspecified atom stereocenters. The Labute approximate surface area is 162 Å². The van der Waals surface area contributed by atoms with Crippen molar-refractivity contribution in [1.82, 2.24) is 9.21 Å². The Hall–Kier alpha value is -1.44. The van der Waals surface area contributed by atoms with E-state index in [2.05, 4.69) is 0 Å². The fourth-order valence-corrected chi connectivity index (χ4v) is 5.61. The highest BCUT2D eigenvalue weighted by Crippen LogP contribution is 2.42. The summed E-state index contributed by atoms with van der Waals surface area (Å²) in [6.45, 7) is 0.503. The fraction of sp³-hybridized carbons (Fsp3) is 0.650. The van der Waals surface area contributed by atoms with Crippen LogP contribution < -0.4 is 0 Å². The number of amides is 1. The fourth-order valence-electron chi connectivity index (χ4n) is 4.44. The van der Waals surface area contributed by atoms with E-state index in [0.717, 1.165) is 37.7 Å². The van der Waals surface area contributed by atoms with Crippen LogP contribution in [0.5, 0.6) is 0 Å². The third-order valence-electron chi connectivity index (χ3n) is 6.12. The molecule has 1 heterocycles. The largest absolute Gasteiger partial charge is 0.391 e. The van der Waals surface area contributed by atoms with E-state index in [0.29, 0.717) is 6.54 Å². The van der Waals surface area contributed by atoms with Crippen LogP contribution in [0.15, 0.2) is 30.3 Å². The molecular formula is C20H30N2O4S. The third-order valence-corrected chi connectivity index (χ3v) is 8.08. The van der Waals surface area contributed by atoms with Gasteiger partial charge >= 0.3 is 0 Å². The van der Waals surface area contributed by atoms with Gasteiger partial charge in [0.05, 0.1) is 17.3 Å². The number of rotatable bonds is 5. The minimum atomic E-state index is -3.42. The first-order valence-electron chi connectivity index (χ1n) is 9.69. The first-order valence-corrected chi connectivity index (χ1v) is 11.3. The number of aliphatic hydroxyl groups is 1. The van der Waals surface area contributed by atoms with Crippen LogP contribution in [0.25, 0.3) is 0 Å². The molecule has 2 atom stereocenters. The SMILES string of the molecule is CN(C)S(=O)(=O)C[C@@H]1CN(C(=O)C2(c3ccccc3)CCCCC2)C[C@@H]1O. The van der Waals surface area contributed by atoms with E-state index >= 15 is 0 Å². The van der Waals surface area contributed by atoms with Crippen LogP contribution in [-0.4, -0.2) is 67.7 Å². The van der Waals surface area contributed by atoms with E-state index in [-0.39, 0.29) is 18.2 Å². The molecule has 1 aliphatic heterocycles. The molecule has 0 spiro atoms. The molecule has 1 N–H and O–H groups in total. The van der Waals surface area contributed by atoms with E-state index in [9.17, 15) is 18.3 Å². The maximum atomic E-state index is 13.6. The van der Waals surface area contributed by atoms with Crippen LogP contribution in [0.2, 0.25) is 0 Å². The van der Waals surface area contributed by atoms with Crippen molar-refractivity contribution < 1.29 is 18.3 Å². The Kier molecular flexibility index (Phi) is 5.93. The highest BCUT2D eigenvalue weighted by molar-refractivity contribution is 7.89. The highest BCUT2D eigenvalue weighted by atomic mass is 32.2. The molecule has 1 saturated heterocycles. The van der Waals surface area contributed by atoms with Gasteiger partial charge in [-0.05, 0) is 18.4 Å². The standard InChI is InChI=1S/C20H30N2O4S/c1-21(2)27(25,26)15-16-13-22(14-18(16)23)19(24)20(11-7-4-8-12-20)17-9-5-3-6-10-17/h3,5-6,9-10,16,18,23H,4,7-8,11-15H2,1-2H3/t16-,18-/m0/s1. The Bertz CT molecular complexity index is 757. The summed E-state index contributed by atoms with van der Waals surface area (Å²) in [5.74, 6) is -0.543. The summed E-state index contributed by atoms with van der Waals surface area (Å²) < 4.78 is 25.6. The number of hydrogen-bond acceptors (Lipinski definition) is 4. The lowest BCUT2D eigenvalue weighted by molar-refractivity contribution is -0.138. The van der Waals surface area contributed by atoms with Crippen molar-refractivity contribution in [1.29, 1.82) is 0 Å². The van der Waals surface area contributed by atoms with Gasteiger partial charge in [0, 0.05) is 33.1 Å². The van der Waals surface area contributed by atoms with Crippen molar-refractivity contribution >= 4 is 15.9 Å². The number of β-amino-alcohol motifs (C(OH)–C–C–N with tert-alkyl or cyclic N) is 1. The van der Waals surface area contributed by atoms with Gasteiger partial charge in [-0.25, -0.2) is 12.7 Å². The second kappa shape index (κ2) is 7.89. The first kappa shape index (κ1) is 20.3. The summed E-state index contributed by atoms with van der Waals surface area (Å²) in [5, 5.41) is 10.4. The quantitative estimate of drug-likeness (QED) is 0.823. The molecule has 1 aromatic rings. The zero-order valence-electron chi connectivity index (χ0n) is 16.2. The monoisotopic (exact) mass is 394 g/mol. The number of likely N-dealkylation sites (tertiary alicyclic amines) is 1. The lowest BCUT2D eigenvalue weighted by atomic mass is 9.68. The van der Waals surface area contributed by atoms with Crippen LogP contribution in [0.1, 0.15) is 37.7 Å². The van der Waals surface area contributed by atoms with Gasteiger partial charge in [-0.2, -0.15) is 0 Å². The second-order valence-corrected chi connectivity index (χ2v) is 10.3. The number of aliphatic hydroxyl groups excluding tert-OH is 1. The minimum absolute atomic E-state index is 0.0391. The summed E-state index contributed by atoms with van der Waals surface area (Å²) in [6, 6.07) is 9.91. The zero-order chi connectivity index (χ0) is 19.7. The lowest BCUT2D eigenvalue weighted by Gasteiger charge is -2.39. The van der Waals surface area contributed by atoms with Crippen molar-refractivity contribution in [2.75, 3.05) is 32.9 Å². The van der Waals surface area contributed by atoms with Crippen LogP contribution >= 0.6 is 0 Å². The summed E-state index contributed by atoms with van der Waals surface area (Å²) in [6.07, 6.45) is 3.96. The Morgan fingerprint density at radius 2 is 1.78 bits per heavy atom. The molecule has 0 aromatic heterocycles. The molecule has 6 nitrogen and oxygen atoms in total. The lowest BCUT2D eigenvalue weighted by Crippen LogP contribution is -2.47. The molecule has 2 aliphatic rings. The Morgan fingerprint density at radius 3 is 2.37 bits per heavy atom. The molecule has 1 saturated carbocycles. The van der Waals surface area contributed by atoms with Crippen LogP contribution in [-0.2, 0) is 20.2 Å². The average Bonchev–Trinajstić information content (AvgIpc) is 3.02. The second-order valence-electron chi connectivity index (χ2n) is 8.11. The topological polar surface area (TPSA) is 77.9 Å². The highest BCUT2D eigenvalue weighted by Gasteiger charge is 2.47. The van der Waals surface area contributed by atoms with E-state index in [1.54, 1.807) is 4.90 Å². The van der Waals surface area contributed by atoms with E-state index < -0.39 is 27.5 Å². The Balaban J connectivity index is 1.82. The van der Waals surface area contributed by atoms with Crippen molar-refractivity contribution in [2.45, 2.75) is 43.6 Å². The van der Waals surface area contributed by atoms with Crippen LogP contribution in [0.3, 0.4) is 0 Å². The smallest absolute Gasteiger partial charge is 0.233 e. The van der Waals surface area contributed by atoms with Gasteiger partial charge in [0.15, 0.2) is 0 Å². The molecule has 150 valence electrons. The molecule has 27 heavy (non-hydrogen) atoms. The Morgan fingerprint density at radius 1 is 1.15 bits per heavy atom. The van der Waals surface area contributed by atoms with Gasteiger partial charge in [0.25, 0.3) is 0 Å². The van der Waals surface area contributed by atoms with Crippen molar-refractivity contribution in [2.24, 2.45) is 5.92 Å². The van der Waals surface area contributed by atoms with Crippen LogP contribution in [0.4, 0.5) is 0 Å². The molecule has 1 aliphatic carbocycles. The summed E-state index contributed by atoms with van der Waals surface area (Å²) in [5.41, 5.74) is 0.489. The van der Waals surface area contributed by atoms with Gasteiger partial charge in [0.1, 0.15) is 0 Å².